The fourth-order valence-electron chi connectivity index (χ4n) is 1.55. The fraction of sp³-hybridized carbons (Fsp3) is 0.556. The van der Waals surface area contributed by atoms with Crippen LogP contribution in [-0.4, -0.2) is 19.3 Å². The van der Waals surface area contributed by atoms with Gasteiger partial charge in [-0.25, -0.2) is 0 Å². The molecule has 2 heterocycles. The molecule has 0 radical (unpaired) electrons. The first kappa shape index (κ1) is 9.24. The van der Waals surface area contributed by atoms with Gasteiger partial charge in [0.15, 0.2) is 4.67 Å². The predicted molar refractivity (Wildman–Crippen MR) is 52.6 cm³/mol. The minimum atomic E-state index is 0.173. The van der Waals surface area contributed by atoms with Gasteiger partial charge in [-0.2, -0.15) is 0 Å². The molecule has 1 fully saturated rings. The minimum absolute atomic E-state index is 0.173. The van der Waals surface area contributed by atoms with Crippen LogP contribution in [0.4, 0.5) is 0 Å². The van der Waals surface area contributed by atoms with Crippen LogP contribution in [0, 0.1) is 0 Å². The highest BCUT2D eigenvalue weighted by molar-refractivity contribution is 9.10. The Balaban J connectivity index is 2.14. The van der Waals surface area contributed by atoms with Crippen LogP contribution < -0.4 is 5.32 Å². The third kappa shape index (κ3) is 1.95. The number of halogens is 1. The molecule has 0 bridgehead atoms. The monoisotopic (exact) mass is 245 g/mol. The van der Waals surface area contributed by atoms with E-state index in [-0.39, 0.29) is 12.1 Å². The largest absolute Gasteiger partial charge is 0.453 e. The summed E-state index contributed by atoms with van der Waals surface area (Å²) in [7, 11) is 0. The van der Waals surface area contributed by atoms with Crippen LogP contribution in [0.15, 0.2) is 21.2 Å². The van der Waals surface area contributed by atoms with Crippen molar-refractivity contribution >= 4 is 15.9 Å². The molecule has 1 aliphatic rings. The molecule has 2 unspecified atom stereocenters. The zero-order valence-corrected chi connectivity index (χ0v) is 9.00. The smallest absolute Gasteiger partial charge is 0.169 e. The molecule has 0 amide bonds. The van der Waals surface area contributed by atoms with Crippen molar-refractivity contribution in [3.63, 3.8) is 0 Å². The highest BCUT2D eigenvalue weighted by Gasteiger charge is 2.25. The van der Waals surface area contributed by atoms with Crippen molar-refractivity contribution in [2.24, 2.45) is 0 Å². The molecule has 2 atom stereocenters. The van der Waals surface area contributed by atoms with Gasteiger partial charge in [0.2, 0.25) is 0 Å². The van der Waals surface area contributed by atoms with Crippen LogP contribution in [0.5, 0.6) is 0 Å². The third-order valence-corrected chi connectivity index (χ3v) is 2.64. The van der Waals surface area contributed by atoms with Crippen molar-refractivity contribution in [2.45, 2.75) is 19.1 Å². The molecule has 13 heavy (non-hydrogen) atoms. The zero-order chi connectivity index (χ0) is 9.26. The Morgan fingerprint density at radius 3 is 3.00 bits per heavy atom. The van der Waals surface area contributed by atoms with E-state index in [0.29, 0.717) is 0 Å². The lowest BCUT2D eigenvalue weighted by Gasteiger charge is -2.28. The average molecular weight is 246 g/mol. The summed E-state index contributed by atoms with van der Waals surface area (Å²) in [6.07, 6.45) is 0.173. The van der Waals surface area contributed by atoms with Gasteiger partial charge in [-0.05, 0) is 35.0 Å². The third-order valence-electron chi connectivity index (χ3n) is 2.22. The van der Waals surface area contributed by atoms with Crippen molar-refractivity contribution in [3.05, 3.63) is 22.6 Å². The molecular formula is C9H12BrNO2. The first-order chi connectivity index (χ1) is 6.27. The molecule has 0 saturated carbocycles. The van der Waals surface area contributed by atoms with E-state index < -0.39 is 0 Å². The molecule has 0 spiro atoms. The van der Waals surface area contributed by atoms with Crippen molar-refractivity contribution < 1.29 is 9.15 Å². The molecule has 72 valence electrons. The lowest BCUT2D eigenvalue weighted by atomic mass is 10.1. The van der Waals surface area contributed by atoms with Crippen molar-refractivity contribution in [1.29, 1.82) is 0 Å². The molecule has 3 nitrogen and oxygen atoms in total. The van der Waals surface area contributed by atoms with Crippen molar-refractivity contribution in [1.82, 2.24) is 5.32 Å². The van der Waals surface area contributed by atoms with Gasteiger partial charge in [0, 0.05) is 6.54 Å². The fourth-order valence-corrected chi connectivity index (χ4v) is 1.87. The molecule has 1 aromatic rings. The Hall–Kier alpha value is -0.320. The summed E-state index contributed by atoms with van der Waals surface area (Å²) in [6, 6.07) is 4.05. The summed E-state index contributed by atoms with van der Waals surface area (Å²) in [5.41, 5.74) is 0. The molecular weight excluding hydrogens is 234 g/mol. The molecule has 0 aliphatic carbocycles. The number of nitrogens with one attached hydrogen (secondary N) is 1. The summed E-state index contributed by atoms with van der Waals surface area (Å²) >= 11 is 3.28. The van der Waals surface area contributed by atoms with Crippen LogP contribution in [0.2, 0.25) is 0 Å². The van der Waals surface area contributed by atoms with Gasteiger partial charge in [0.25, 0.3) is 0 Å². The molecule has 0 aromatic carbocycles. The Kier molecular flexibility index (Phi) is 2.71. The number of furan rings is 1. The van der Waals surface area contributed by atoms with Gasteiger partial charge in [-0.1, -0.05) is 0 Å². The molecule has 2 rings (SSSR count). The highest BCUT2D eigenvalue weighted by atomic mass is 79.9. The summed E-state index contributed by atoms with van der Waals surface area (Å²) in [4.78, 5) is 0. The number of hydrogen-bond acceptors (Lipinski definition) is 3. The average Bonchev–Trinajstić information content (AvgIpc) is 2.53. The van der Waals surface area contributed by atoms with Crippen molar-refractivity contribution in [2.75, 3.05) is 13.2 Å². The van der Waals surface area contributed by atoms with Crippen LogP contribution in [0.1, 0.15) is 18.7 Å². The van der Waals surface area contributed by atoms with E-state index in [1.54, 1.807) is 0 Å². The molecule has 4 heteroatoms. The predicted octanol–water partition coefficient (Wildman–Crippen LogP) is 2.09. The molecule has 1 saturated heterocycles. The zero-order valence-electron chi connectivity index (χ0n) is 7.42. The van der Waals surface area contributed by atoms with Crippen molar-refractivity contribution in [3.8, 4) is 0 Å². The Morgan fingerprint density at radius 1 is 1.54 bits per heavy atom. The SMILES string of the molecule is CC1OCCNC1c1ccc(Br)o1. The molecule has 1 N–H and O–H groups in total. The van der Waals surface area contributed by atoms with E-state index >= 15 is 0 Å². The lowest BCUT2D eigenvalue weighted by Crippen LogP contribution is -2.40. The maximum absolute atomic E-state index is 5.52. The van der Waals surface area contributed by atoms with Crippen LogP contribution in [0.3, 0.4) is 0 Å². The quantitative estimate of drug-likeness (QED) is 0.823. The minimum Gasteiger partial charge on any atom is -0.453 e. The number of ether oxygens (including phenoxy) is 1. The molecule has 1 aromatic heterocycles. The maximum Gasteiger partial charge on any atom is 0.169 e. The summed E-state index contributed by atoms with van der Waals surface area (Å²) in [5.74, 6) is 0.930. The van der Waals surface area contributed by atoms with Crippen LogP contribution >= 0.6 is 15.9 Å². The van der Waals surface area contributed by atoms with E-state index in [9.17, 15) is 0 Å². The Morgan fingerprint density at radius 2 is 2.38 bits per heavy atom. The van der Waals surface area contributed by atoms with Gasteiger partial charge in [-0.3, -0.25) is 0 Å². The number of morpholine rings is 1. The first-order valence-corrected chi connectivity index (χ1v) is 5.17. The lowest BCUT2D eigenvalue weighted by molar-refractivity contribution is 0.00149. The topological polar surface area (TPSA) is 34.4 Å². The van der Waals surface area contributed by atoms with E-state index in [2.05, 4.69) is 21.2 Å². The summed E-state index contributed by atoms with van der Waals surface area (Å²) in [6.45, 7) is 3.71. The van der Waals surface area contributed by atoms with E-state index in [1.807, 2.05) is 19.1 Å². The van der Waals surface area contributed by atoms with E-state index in [0.717, 1.165) is 23.6 Å². The number of hydrogen-bond donors (Lipinski definition) is 1. The van der Waals surface area contributed by atoms with E-state index in [4.69, 9.17) is 9.15 Å². The van der Waals surface area contributed by atoms with Gasteiger partial charge >= 0.3 is 0 Å². The second-order valence-electron chi connectivity index (χ2n) is 3.15. The highest BCUT2D eigenvalue weighted by Crippen LogP contribution is 2.25. The van der Waals surface area contributed by atoms with E-state index in [1.165, 1.54) is 0 Å². The molecule has 1 aliphatic heterocycles. The summed E-state index contributed by atoms with van der Waals surface area (Å²) < 4.78 is 11.7. The van der Waals surface area contributed by atoms with Gasteiger partial charge < -0.3 is 14.5 Å². The number of rotatable bonds is 1. The van der Waals surface area contributed by atoms with Gasteiger partial charge in [0.1, 0.15) is 5.76 Å². The Bertz CT molecular complexity index is 287. The Labute approximate surface area is 85.6 Å². The normalized spacial score (nSPS) is 29.1. The first-order valence-electron chi connectivity index (χ1n) is 4.37. The second kappa shape index (κ2) is 3.82. The van der Waals surface area contributed by atoms with Gasteiger partial charge in [-0.15, -0.1) is 0 Å². The second-order valence-corrected chi connectivity index (χ2v) is 3.93. The summed E-state index contributed by atoms with van der Waals surface area (Å²) in [5, 5.41) is 3.36. The maximum atomic E-state index is 5.52. The van der Waals surface area contributed by atoms with Gasteiger partial charge in [0.05, 0.1) is 18.8 Å². The van der Waals surface area contributed by atoms with Crippen LogP contribution in [-0.2, 0) is 4.74 Å². The van der Waals surface area contributed by atoms with Crippen LogP contribution in [0.25, 0.3) is 0 Å². The standard InChI is InChI=1S/C9H12BrNO2/c1-6-9(11-4-5-12-6)7-2-3-8(10)13-7/h2-3,6,9,11H,4-5H2,1H3.